The van der Waals surface area contributed by atoms with Crippen molar-refractivity contribution in [3.63, 3.8) is 0 Å². The number of nitro groups is 1. The fourth-order valence-corrected chi connectivity index (χ4v) is 4.66. The third kappa shape index (κ3) is 5.43. The van der Waals surface area contributed by atoms with Crippen LogP contribution >= 0.6 is 11.6 Å². The van der Waals surface area contributed by atoms with Crippen molar-refractivity contribution in [3.8, 4) is 22.9 Å². The summed E-state index contributed by atoms with van der Waals surface area (Å²) in [6.45, 7) is 3.91. The molecule has 204 valence electrons. The van der Waals surface area contributed by atoms with Crippen LogP contribution in [0.1, 0.15) is 13.8 Å². The van der Waals surface area contributed by atoms with Crippen LogP contribution in [0.15, 0.2) is 42.6 Å². The third-order valence-corrected chi connectivity index (χ3v) is 6.56. The maximum atomic E-state index is 15.1. The number of carbonyl (C=O) groups excluding carboxylic acids is 2. The van der Waals surface area contributed by atoms with Gasteiger partial charge in [0.15, 0.2) is 5.60 Å². The van der Waals surface area contributed by atoms with Crippen LogP contribution in [-0.2, 0) is 16.1 Å². The van der Waals surface area contributed by atoms with Gasteiger partial charge in [0.1, 0.15) is 30.5 Å². The van der Waals surface area contributed by atoms with E-state index < -0.39 is 28.5 Å². The summed E-state index contributed by atoms with van der Waals surface area (Å²) in [5, 5.41) is 13.7. The van der Waals surface area contributed by atoms with Crippen molar-refractivity contribution < 1.29 is 33.1 Å². The molecule has 0 radical (unpaired) electrons. The summed E-state index contributed by atoms with van der Waals surface area (Å²) in [7, 11) is 0. The molecule has 1 aromatic heterocycles. The van der Waals surface area contributed by atoms with Gasteiger partial charge in [-0.25, -0.2) is 9.18 Å². The number of benzene rings is 2. The summed E-state index contributed by atoms with van der Waals surface area (Å²) in [5.74, 6) is -0.694. The first-order valence-electron chi connectivity index (χ1n) is 11.9. The van der Waals surface area contributed by atoms with E-state index in [9.17, 15) is 19.7 Å². The lowest BCUT2D eigenvalue weighted by atomic mass is 10.0. The summed E-state index contributed by atoms with van der Waals surface area (Å²) < 4.78 is 33.5. The molecule has 0 aliphatic carbocycles. The number of fused-ring (bicyclic) bond motifs is 1. The lowest BCUT2D eigenvalue weighted by Crippen LogP contribution is -2.38. The van der Waals surface area contributed by atoms with Gasteiger partial charge in [0, 0.05) is 23.0 Å². The second kappa shape index (κ2) is 10.1. The minimum Gasteiger partial charge on any atom is -0.489 e. The molecule has 3 aromatic rings. The van der Waals surface area contributed by atoms with Gasteiger partial charge in [-0.2, -0.15) is 0 Å². The number of cyclic esters (lactones) is 1. The minimum absolute atomic E-state index is 0.109. The van der Waals surface area contributed by atoms with Crippen LogP contribution in [0.25, 0.3) is 11.1 Å². The molecule has 0 spiro atoms. The van der Waals surface area contributed by atoms with Crippen LogP contribution in [-0.4, -0.2) is 57.9 Å². The molecule has 0 saturated carbocycles. The molecule has 0 bridgehead atoms. The number of ether oxygens (including phenoxy) is 3. The molecule has 39 heavy (non-hydrogen) atoms. The van der Waals surface area contributed by atoms with E-state index in [0.29, 0.717) is 23.5 Å². The monoisotopic (exact) mass is 559 g/mol. The largest absolute Gasteiger partial charge is 0.489 e. The highest BCUT2D eigenvalue weighted by Crippen LogP contribution is 2.36. The van der Waals surface area contributed by atoms with Crippen molar-refractivity contribution in [2.24, 2.45) is 0 Å². The summed E-state index contributed by atoms with van der Waals surface area (Å²) >= 11 is 6.46. The first-order chi connectivity index (χ1) is 18.5. The van der Waals surface area contributed by atoms with Gasteiger partial charge in [-0.05, 0) is 48.2 Å². The predicted octanol–water partition coefficient (Wildman–Crippen LogP) is 3.94. The SMILES string of the molecule is CC(=O)NC[C@H]1CN(c2ccc(-c3ccc(OCC4(C)Cn5cc([N+](=O)[O-])nc5O4)cc3Cl)c(F)c2)C(=O)O1. The Labute approximate surface area is 226 Å². The van der Waals surface area contributed by atoms with Crippen LogP contribution in [0.4, 0.5) is 20.7 Å². The molecule has 14 heteroatoms. The van der Waals surface area contributed by atoms with Crippen molar-refractivity contribution in [2.75, 3.05) is 24.6 Å². The lowest BCUT2D eigenvalue weighted by Gasteiger charge is -2.22. The fourth-order valence-electron chi connectivity index (χ4n) is 4.38. The molecule has 1 fully saturated rings. The second-order valence-corrected chi connectivity index (χ2v) is 9.87. The summed E-state index contributed by atoms with van der Waals surface area (Å²) in [6, 6.07) is 9.30. The zero-order valence-electron chi connectivity index (χ0n) is 20.8. The number of nitrogens with one attached hydrogen (secondary N) is 1. The van der Waals surface area contributed by atoms with Gasteiger partial charge >= 0.3 is 17.9 Å². The number of imidazole rings is 1. The molecular weight excluding hydrogens is 537 g/mol. The predicted molar refractivity (Wildman–Crippen MR) is 137 cm³/mol. The molecule has 12 nitrogen and oxygen atoms in total. The number of anilines is 1. The zero-order valence-corrected chi connectivity index (χ0v) is 21.6. The molecule has 3 heterocycles. The highest BCUT2D eigenvalue weighted by atomic mass is 35.5. The average molecular weight is 560 g/mol. The smallest absolute Gasteiger partial charge is 0.415 e. The maximum absolute atomic E-state index is 15.1. The maximum Gasteiger partial charge on any atom is 0.415 e. The van der Waals surface area contributed by atoms with Gasteiger partial charge in [-0.15, -0.1) is 0 Å². The van der Waals surface area contributed by atoms with Crippen LogP contribution in [0.3, 0.4) is 0 Å². The topological polar surface area (TPSA) is 138 Å². The second-order valence-electron chi connectivity index (χ2n) is 9.47. The van der Waals surface area contributed by atoms with Crippen molar-refractivity contribution in [2.45, 2.75) is 32.1 Å². The molecule has 1 N–H and O–H groups in total. The number of aromatic nitrogens is 2. The first kappa shape index (κ1) is 26.2. The zero-order chi connectivity index (χ0) is 27.9. The van der Waals surface area contributed by atoms with Gasteiger partial charge in [0.05, 0.1) is 30.3 Å². The van der Waals surface area contributed by atoms with Gasteiger partial charge in [0.25, 0.3) is 0 Å². The van der Waals surface area contributed by atoms with E-state index in [1.54, 1.807) is 35.8 Å². The van der Waals surface area contributed by atoms with E-state index in [0.717, 1.165) is 0 Å². The van der Waals surface area contributed by atoms with E-state index in [2.05, 4.69) is 10.3 Å². The molecule has 2 aromatic carbocycles. The molecule has 2 amide bonds. The van der Waals surface area contributed by atoms with Crippen LogP contribution in [0.2, 0.25) is 5.02 Å². The number of hydrogen-bond donors (Lipinski definition) is 1. The molecule has 5 rings (SSSR count). The number of nitrogens with zero attached hydrogens (tertiary/aromatic N) is 4. The highest BCUT2D eigenvalue weighted by molar-refractivity contribution is 6.33. The van der Waals surface area contributed by atoms with Crippen LogP contribution in [0, 0.1) is 15.9 Å². The van der Waals surface area contributed by atoms with Gasteiger partial charge in [-0.1, -0.05) is 11.6 Å². The molecule has 2 aliphatic heterocycles. The first-order valence-corrected chi connectivity index (χ1v) is 12.2. The van der Waals surface area contributed by atoms with Gasteiger partial charge < -0.3 is 29.6 Å². The minimum atomic E-state index is -0.803. The van der Waals surface area contributed by atoms with E-state index >= 15 is 4.39 Å². The Morgan fingerprint density at radius 3 is 2.77 bits per heavy atom. The Morgan fingerprint density at radius 2 is 2.10 bits per heavy atom. The van der Waals surface area contributed by atoms with E-state index in [1.807, 2.05) is 0 Å². The lowest BCUT2D eigenvalue weighted by molar-refractivity contribution is -0.389. The van der Waals surface area contributed by atoms with Crippen molar-refractivity contribution in [1.82, 2.24) is 14.9 Å². The highest BCUT2D eigenvalue weighted by Gasteiger charge is 2.41. The normalized spacial score (nSPS) is 19.8. The van der Waals surface area contributed by atoms with E-state index in [-0.39, 0.29) is 48.0 Å². The van der Waals surface area contributed by atoms with Crippen molar-refractivity contribution >= 4 is 35.1 Å². The van der Waals surface area contributed by atoms with Gasteiger partial charge in [0.2, 0.25) is 5.91 Å². The van der Waals surface area contributed by atoms with E-state index in [4.69, 9.17) is 25.8 Å². The summed E-state index contributed by atoms with van der Waals surface area (Å²) in [5.41, 5.74) is 0.174. The summed E-state index contributed by atoms with van der Waals surface area (Å²) in [6.07, 6.45) is 0.143. The fraction of sp³-hybridized carbons (Fsp3) is 0.320. The molecule has 2 aliphatic rings. The Hall–Kier alpha value is -4.39. The Morgan fingerprint density at radius 1 is 1.33 bits per heavy atom. The van der Waals surface area contributed by atoms with Crippen molar-refractivity contribution in [3.05, 3.63) is 63.5 Å². The molecule has 1 saturated heterocycles. The Bertz CT molecular complexity index is 1460. The van der Waals surface area contributed by atoms with Gasteiger partial charge in [-0.3, -0.25) is 14.3 Å². The standard InChI is InChI=1S/C25H23ClFN5O7/c1-14(33)28-9-17-10-31(24(34)38-17)15-3-5-19(21(27)7-15)18-6-4-16(8-20(18)26)37-13-25(2)12-30-11-22(32(35)36)29-23(30)39-25/h3-8,11,17H,9-10,12-13H2,1-2H3,(H,28,33)/t17-,25?/m0/s1. The van der Waals surface area contributed by atoms with Crippen LogP contribution in [0.5, 0.6) is 11.8 Å². The van der Waals surface area contributed by atoms with E-state index in [1.165, 1.54) is 30.2 Å². The van der Waals surface area contributed by atoms with Crippen molar-refractivity contribution in [1.29, 1.82) is 0 Å². The summed E-state index contributed by atoms with van der Waals surface area (Å²) in [4.78, 5) is 38.8. The third-order valence-electron chi connectivity index (χ3n) is 6.25. The Balaban J connectivity index is 1.24. The number of amides is 2. The molecule has 1 unspecified atom stereocenters. The number of halogens is 2. The van der Waals surface area contributed by atoms with Crippen LogP contribution < -0.4 is 19.7 Å². The number of carbonyl (C=O) groups is 2. The molecular formula is C25H23ClFN5O7. The quantitative estimate of drug-likeness (QED) is 0.323. The number of hydrogen-bond acceptors (Lipinski definition) is 8. The average Bonchev–Trinajstić information content (AvgIpc) is 3.53. The Kier molecular flexibility index (Phi) is 6.76. The molecule has 2 atom stereocenters. The number of rotatable bonds is 8.